The highest BCUT2D eigenvalue weighted by Crippen LogP contribution is 2.29. The van der Waals surface area contributed by atoms with Gasteiger partial charge in [-0.1, -0.05) is 19.1 Å². The first kappa shape index (κ1) is 17.8. The molecule has 0 aliphatic heterocycles. The van der Waals surface area contributed by atoms with E-state index in [2.05, 4.69) is 41.0 Å². The molecule has 0 spiro atoms. The van der Waals surface area contributed by atoms with Crippen molar-refractivity contribution in [3.63, 3.8) is 0 Å². The average molecular weight is 317 g/mol. The van der Waals surface area contributed by atoms with Crippen LogP contribution < -0.4 is 4.90 Å². The van der Waals surface area contributed by atoms with Crippen LogP contribution in [0.5, 0.6) is 0 Å². The molecule has 0 saturated heterocycles. The summed E-state index contributed by atoms with van der Waals surface area (Å²) < 4.78 is 0. The van der Waals surface area contributed by atoms with Gasteiger partial charge in [-0.25, -0.2) is 0 Å². The van der Waals surface area contributed by atoms with Gasteiger partial charge in [-0.2, -0.15) is 0 Å². The molecular weight excluding hydrogens is 286 g/mol. The number of anilines is 1. The molecule has 1 aliphatic carbocycles. The van der Waals surface area contributed by atoms with E-state index in [1.165, 1.54) is 24.1 Å². The molecule has 1 aromatic rings. The lowest BCUT2D eigenvalue weighted by Crippen LogP contribution is -2.39. The summed E-state index contributed by atoms with van der Waals surface area (Å²) in [4.78, 5) is 18.7. The highest BCUT2D eigenvalue weighted by molar-refractivity contribution is 5.78. The van der Waals surface area contributed by atoms with Crippen molar-refractivity contribution >= 4 is 11.6 Å². The van der Waals surface area contributed by atoms with Crippen molar-refractivity contribution in [2.45, 2.75) is 32.7 Å². The Morgan fingerprint density at radius 1 is 1.13 bits per heavy atom. The number of hydrogen-bond acceptors (Lipinski definition) is 3. The molecule has 4 heteroatoms. The lowest BCUT2D eigenvalue weighted by Gasteiger charge is -2.25. The Morgan fingerprint density at radius 2 is 1.78 bits per heavy atom. The second-order valence-corrected chi connectivity index (χ2v) is 6.99. The van der Waals surface area contributed by atoms with Gasteiger partial charge in [-0.05, 0) is 49.4 Å². The van der Waals surface area contributed by atoms with Gasteiger partial charge in [0, 0.05) is 39.9 Å². The molecule has 0 aromatic heterocycles. The normalized spacial score (nSPS) is 14.1. The Balaban J connectivity index is 1.85. The van der Waals surface area contributed by atoms with Crippen molar-refractivity contribution < 1.29 is 4.79 Å². The molecular formula is C19H31N3O. The monoisotopic (exact) mass is 317 g/mol. The fraction of sp³-hybridized carbons (Fsp3) is 0.632. The fourth-order valence-electron chi connectivity index (χ4n) is 2.79. The molecule has 0 bridgehead atoms. The van der Waals surface area contributed by atoms with Crippen LogP contribution in [0.4, 0.5) is 5.69 Å². The van der Waals surface area contributed by atoms with Crippen LogP contribution in [0.15, 0.2) is 24.3 Å². The smallest absolute Gasteiger partial charge is 0.236 e. The van der Waals surface area contributed by atoms with Crippen molar-refractivity contribution in [3.8, 4) is 0 Å². The van der Waals surface area contributed by atoms with E-state index in [1.807, 2.05) is 26.0 Å². The van der Waals surface area contributed by atoms with E-state index in [9.17, 15) is 4.79 Å². The minimum absolute atomic E-state index is 0.218. The average Bonchev–Trinajstić information content (AvgIpc) is 3.31. The summed E-state index contributed by atoms with van der Waals surface area (Å²) in [5.41, 5.74) is 2.36. The summed E-state index contributed by atoms with van der Waals surface area (Å²) >= 11 is 0. The van der Waals surface area contributed by atoms with Crippen LogP contribution in [-0.4, -0.2) is 56.5 Å². The maximum absolute atomic E-state index is 12.5. The van der Waals surface area contributed by atoms with Gasteiger partial charge in [0.2, 0.25) is 5.91 Å². The third-order valence-electron chi connectivity index (χ3n) is 4.41. The quantitative estimate of drug-likeness (QED) is 0.701. The number of nitrogens with zero attached hydrogens (tertiary/aromatic N) is 3. The summed E-state index contributed by atoms with van der Waals surface area (Å²) in [6, 6.07) is 8.41. The van der Waals surface area contributed by atoms with Gasteiger partial charge in [0.05, 0.1) is 6.54 Å². The number of benzene rings is 1. The predicted molar refractivity (Wildman–Crippen MR) is 96.7 cm³/mol. The van der Waals surface area contributed by atoms with E-state index in [-0.39, 0.29) is 5.91 Å². The number of carbonyl (C=O) groups is 1. The zero-order chi connectivity index (χ0) is 16.8. The van der Waals surface area contributed by atoms with Gasteiger partial charge < -0.3 is 9.80 Å². The van der Waals surface area contributed by atoms with Crippen LogP contribution in [0.3, 0.4) is 0 Å². The summed E-state index contributed by atoms with van der Waals surface area (Å²) in [7, 11) is 5.98. The van der Waals surface area contributed by atoms with Gasteiger partial charge in [0.25, 0.3) is 0 Å². The first-order chi connectivity index (χ1) is 11.0. The summed E-state index contributed by atoms with van der Waals surface area (Å²) in [6.07, 6.45) is 3.78. The topological polar surface area (TPSA) is 26.8 Å². The molecule has 1 aliphatic rings. The number of likely N-dealkylation sites (N-methyl/N-ethyl adjacent to an activating group) is 1. The lowest BCUT2D eigenvalue weighted by atomic mass is 10.2. The van der Waals surface area contributed by atoms with Crippen molar-refractivity contribution in [1.29, 1.82) is 0 Å². The maximum atomic E-state index is 12.5. The van der Waals surface area contributed by atoms with Gasteiger partial charge in [-0.15, -0.1) is 0 Å². The molecule has 1 fully saturated rings. The molecule has 4 nitrogen and oxygen atoms in total. The Kier molecular flexibility index (Phi) is 6.46. The number of hydrogen-bond donors (Lipinski definition) is 0. The number of amides is 1. The molecule has 1 saturated carbocycles. The van der Waals surface area contributed by atoms with Crippen LogP contribution in [0, 0.1) is 5.92 Å². The first-order valence-electron chi connectivity index (χ1n) is 8.72. The van der Waals surface area contributed by atoms with Gasteiger partial charge in [0.1, 0.15) is 0 Å². The second-order valence-electron chi connectivity index (χ2n) is 6.99. The minimum Gasteiger partial charge on any atom is -0.378 e. The van der Waals surface area contributed by atoms with E-state index in [0.29, 0.717) is 13.1 Å². The summed E-state index contributed by atoms with van der Waals surface area (Å²) in [6.45, 7) is 5.52. The maximum Gasteiger partial charge on any atom is 0.236 e. The van der Waals surface area contributed by atoms with Gasteiger partial charge >= 0.3 is 0 Å². The van der Waals surface area contributed by atoms with Crippen molar-refractivity contribution in [1.82, 2.24) is 9.80 Å². The first-order valence-corrected chi connectivity index (χ1v) is 8.72. The highest BCUT2D eigenvalue weighted by atomic mass is 16.2. The molecule has 128 valence electrons. The molecule has 0 atom stereocenters. The third kappa shape index (κ3) is 5.87. The molecule has 0 unspecified atom stereocenters. The van der Waals surface area contributed by atoms with Crippen molar-refractivity contribution in [3.05, 3.63) is 29.8 Å². The SMILES string of the molecule is CCCN(CC(=O)N(C)Cc1ccc(N(C)C)cc1)CC1CC1. The second kappa shape index (κ2) is 8.34. The minimum atomic E-state index is 0.218. The molecule has 0 heterocycles. The van der Waals surface area contributed by atoms with Gasteiger partial charge in [-0.3, -0.25) is 9.69 Å². The van der Waals surface area contributed by atoms with Crippen LogP contribution in [0.2, 0.25) is 0 Å². The zero-order valence-corrected chi connectivity index (χ0v) is 15.1. The number of rotatable bonds is 9. The van der Waals surface area contributed by atoms with Crippen LogP contribution >= 0.6 is 0 Å². The van der Waals surface area contributed by atoms with Crippen molar-refractivity contribution in [2.75, 3.05) is 45.7 Å². The Hall–Kier alpha value is -1.55. The zero-order valence-electron chi connectivity index (χ0n) is 15.1. The van der Waals surface area contributed by atoms with E-state index in [4.69, 9.17) is 0 Å². The molecule has 0 radical (unpaired) electrons. The number of carbonyl (C=O) groups excluding carboxylic acids is 1. The van der Waals surface area contributed by atoms with E-state index in [1.54, 1.807) is 0 Å². The van der Waals surface area contributed by atoms with E-state index >= 15 is 0 Å². The van der Waals surface area contributed by atoms with Crippen LogP contribution in [-0.2, 0) is 11.3 Å². The molecule has 2 rings (SSSR count). The Morgan fingerprint density at radius 3 is 2.30 bits per heavy atom. The Bertz CT molecular complexity index is 494. The third-order valence-corrected chi connectivity index (χ3v) is 4.41. The lowest BCUT2D eigenvalue weighted by molar-refractivity contribution is -0.131. The molecule has 1 amide bonds. The van der Waals surface area contributed by atoms with Crippen molar-refractivity contribution in [2.24, 2.45) is 5.92 Å². The molecule has 0 N–H and O–H groups in total. The largest absolute Gasteiger partial charge is 0.378 e. The highest BCUT2D eigenvalue weighted by Gasteiger charge is 2.25. The summed E-state index contributed by atoms with van der Waals surface area (Å²) in [5.74, 6) is 1.05. The van der Waals surface area contributed by atoms with E-state index in [0.717, 1.165) is 25.4 Å². The van der Waals surface area contributed by atoms with Crippen LogP contribution in [0.25, 0.3) is 0 Å². The van der Waals surface area contributed by atoms with Crippen LogP contribution in [0.1, 0.15) is 31.7 Å². The standard InChI is InChI=1S/C19H31N3O/c1-5-12-22(14-17-6-7-17)15-19(23)21(4)13-16-8-10-18(11-9-16)20(2)3/h8-11,17H,5-7,12-15H2,1-4H3. The molecule has 23 heavy (non-hydrogen) atoms. The summed E-state index contributed by atoms with van der Waals surface area (Å²) in [5, 5.41) is 0. The van der Waals surface area contributed by atoms with E-state index < -0.39 is 0 Å². The van der Waals surface area contributed by atoms with Gasteiger partial charge in [0.15, 0.2) is 0 Å². The Labute approximate surface area is 141 Å². The molecule has 1 aromatic carbocycles. The fourth-order valence-corrected chi connectivity index (χ4v) is 2.79. The predicted octanol–water partition coefficient (Wildman–Crippen LogP) is 2.83.